The van der Waals surface area contributed by atoms with E-state index in [1.165, 1.54) is 14.2 Å². The third-order valence-corrected chi connectivity index (χ3v) is 7.03. The lowest BCUT2D eigenvalue weighted by atomic mass is 9.65. The fourth-order valence-electron chi connectivity index (χ4n) is 5.47. The molecule has 2 aromatic carbocycles. The number of ether oxygens (including phenoxy) is 5. The van der Waals surface area contributed by atoms with Crippen molar-refractivity contribution in [3.8, 4) is 28.7 Å². The molecule has 0 saturated carbocycles. The number of pyridine rings is 1. The number of hydrogen-bond donors (Lipinski definition) is 2. The topological polar surface area (TPSA) is 108 Å². The fraction of sp³-hybridized carbons (Fsp3) is 0.308. The molecule has 6 rings (SSSR count). The Balaban J connectivity index is 1.56. The van der Waals surface area contributed by atoms with Crippen LogP contribution < -0.4 is 24.3 Å². The maximum absolute atomic E-state index is 13.2. The number of esters is 1. The third-order valence-electron chi connectivity index (χ3n) is 7.03. The quantitative estimate of drug-likeness (QED) is 0.534. The lowest BCUT2D eigenvalue weighted by molar-refractivity contribution is -0.141. The van der Waals surface area contributed by atoms with E-state index in [0.29, 0.717) is 11.5 Å². The van der Waals surface area contributed by atoms with Gasteiger partial charge in [-0.2, -0.15) is 0 Å². The molecule has 3 heterocycles. The summed E-state index contributed by atoms with van der Waals surface area (Å²) in [5.41, 5.74) is 3.50. The van der Waals surface area contributed by atoms with Gasteiger partial charge >= 0.3 is 5.97 Å². The Labute approximate surface area is 201 Å². The summed E-state index contributed by atoms with van der Waals surface area (Å²) >= 11 is 0. The van der Waals surface area contributed by atoms with Gasteiger partial charge in [0.1, 0.15) is 0 Å². The summed E-state index contributed by atoms with van der Waals surface area (Å²) in [7, 11) is 2.96. The van der Waals surface area contributed by atoms with Crippen LogP contribution in [-0.4, -0.2) is 43.7 Å². The van der Waals surface area contributed by atoms with Gasteiger partial charge in [0.05, 0.1) is 38.5 Å². The highest BCUT2D eigenvalue weighted by molar-refractivity contribution is 5.79. The Morgan fingerprint density at radius 2 is 1.74 bits per heavy atom. The molecule has 4 atom stereocenters. The molecule has 1 fully saturated rings. The minimum Gasteiger partial charge on any atom is -0.502 e. The van der Waals surface area contributed by atoms with Crippen LogP contribution in [0.2, 0.25) is 0 Å². The highest BCUT2D eigenvalue weighted by Gasteiger charge is 2.52. The van der Waals surface area contributed by atoms with Gasteiger partial charge in [0, 0.05) is 24.2 Å². The molecule has 9 heteroatoms. The average molecular weight is 476 g/mol. The number of carbonyl (C=O) groups excluding carboxylic acids is 1. The molecule has 1 saturated heterocycles. The zero-order valence-corrected chi connectivity index (χ0v) is 19.2. The highest BCUT2D eigenvalue weighted by Crippen LogP contribution is 2.56. The summed E-state index contributed by atoms with van der Waals surface area (Å²) in [5.74, 6) is 0.424. The summed E-state index contributed by atoms with van der Waals surface area (Å²) in [5, 5.41) is 14.1. The smallest absolute Gasteiger partial charge is 0.310 e. The van der Waals surface area contributed by atoms with Crippen molar-refractivity contribution in [2.45, 2.75) is 12.0 Å². The summed E-state index contributed by atoms with van der Waals surface area (Å²) in [6.45, 7) is 0.414. The minimum absolute atomic E-state index is 0.0952. The van der Waals surface area contributed by atoms with Crippen molar-refractivity contribution >= 4 is 11.7 Å². The SMILES string of the molecule is COc1cc([C@@H]2c3cc4c(cc3[C@@H](Nc3cccnc3)[C@H]3COC(=O)[C@H]23)OCO4)cc(OC)c1O. The van der Waals surface area contributed by atoms with Gasteiger partial charge in [0.25, 0.3) is 0 Å². The van der Waals surface area contributed by atoms with E-state index in [-0.39, 0.29) is 54.5 Å². The van der Waals surface area contributed by atoms with Crippen LogP contribution in [0.15, 0.2) is 48.8 Å². The summed E-state index contributed by atoms with van der Waals surface area (Å²) in [6, 6.07) is 11.0. The van der Waals surface area contributed by atoms with Crippen molar-refractivity contribution in [3.05, 3.63) is 65.5 Å². The molecule has 35 heavy (non-hydrogen) atoms. The third kappa shape index (κ3) is 3.38. The Bertz CT molecular complexity index is 1270. The van der Waals surface area contributed by atoms with E-state index in [1.54, 1.807) is 24.5 Å². The molecule has 0 unspecified atom stereocenters. The lowest BCUT2D eigenvalue weighted by Gasteiger charge is -2.40. The van der Waals surface area contributed by atoms with Gasteiger partial charge in [-0.25, -0.2) is 0 Å². The lowest BCUT2D eigenvalue weighted by Crippen LogP contribution is -2.37. The molecule has 3 aliphatic rings. The van der Waals surface area contributed by atoms with E-state index in [9.17, 15) is 9.90 Å². The number of aromatic nitrogens is 1. The summed E-state index contributed by atoms with van der Waals surface area (Å²) in [6.07, 6.45) is 3.46. The number of rotatable bonds is 5. The maximum Gasteiger partial charge on any atom is 0.310 e. The van der Waals surface area contributed by atoms with E-state index < -0.39 is 5.92 Å². The van der Waals surface area contributed by atoms with E-state index in [2.05, 4.69) is 10.3 Å². The first-order valence-electron chi connectivity index (χ1n) is 11.3. The number of nitrogens with one attached hydrogen (secondary N) is 1. The molecule has 1 aliphatic carbocycles. The Morgan fingerprint density at radius 3 is 2.40 bits per heavy atom. The molecule has 0 radical (unpaired) electrons. The highest BCUT2D eigenvalue weighted by atomic mass is 16.7. The number of carbonyl (C=O) groups is 1. The normalized spacial score (nSPS) is 23.8. The van der Waals surface area contributed by atoms with Crippen molar-refractivity contribution < 1.29 is 33.6 Å². The van der Waals surface area contributed by atoms with Gasteiger partial charge in [0.15, 0.2) is 23.0 Å². The Morgan fingerprint density at radius 1 is 1.03 bits per heavy atom. The summed E-state index contributed by atoms with van der Waals surface area (Å²) < 4.78 is 27.8. The van der Waals surface area contributed by atoms with Crippen molar-refractivity contribution in [3.63, 3.8) is 0 Å². The van der Waals surface area contributed by atoms with E-state index in [1.807, 2.05) is 24.3 Å². The molecule has 2 N–H and O–H groups in total. The van der Waals surface area contributed by atoms with Crippen LogP contribution in [-0.2, 0) is 9.53 Å². The van der Waals surface area contributed by atoms with Crippen molar-refractivity contribution in [2.75, 3.05) is 32.9 Å². The molecule has 180 valence electrons. The maximum atomic E-state index is 13.2. The van der Waals surface area contributed by atoms with Crippen LogP contribution in [0.5, 0.6) is 28.7 Å². The second-order valence-corrected chi connectivity index (χ2v) is 8.77. The molecule has 0 bridgehead atoms. The number of cyclic esters (lactones) is 1. The molecule has 3 aromatic rings. The van der Waals surface area contributed by atoms with E-state index in [0.717, 1.165) is 22.4 Å². The Kier molecular flexibility index (Phi) is 5.05. The summed E-state index contributed by atoms with van der Waals surface area (Å²) in [4.78, 5) is 17.4. The van der Waals surface area contributed by atoms with Crippen LogP contribution in [0.4, 0.5) is 5.69 Å². The van der Waals surface area contributed by atoms with Crippen LogP contribution in [0, 0.1) is 11.8 Å². The predicted octanol–water partition coefficient (Wildman–Crippen LogP) is 3.62. The number of nitrogens with zero attached hydrogens (tertiary/aromatic N) is 1. The zero-order valence-electron chi connectivity index (χ0n) is 19.2. The zero-order chi connectivity index (χ0) is 24.1. The van der Waals surface area contributed by atoms with E-state index in [4.69, 9.17) is 23.7 Å². The van der Waals surface area contributed by atoms with Gasteiger partial charge in [-0.3, -0.25) is 9.78 Å². The monoisotopic (exact) mass is 476 g/mol. The van der Waals surface area contributed by atoms with Gasteiger partial charge in [0.2, 0.25) is 12.5 Å². The Hall–Kier alpha value is -4.14. The molecule has 9 nitrogen and oxygen atoms in total. The van der Waals surface area contributed by atoms with Crippen molar-refractivity contribution in [1.82, 2.24) is 4.98 Å². The number of fused-ring (bicyclic) bond motifs is 3. The van der Waals surface area contributed by atoms with Gasteiger partial charge < -0.3 is 34.1 Å². The van der Waals surface area contributed by atoms with Gasteiger partial charge in [-0.1, -0.05) is 0 Å². The standard InChI is InChI=1S/C26H24N2O7/c1-31-20-6-13(7-21(32-2)25(20)29)22-15-8-18-19(35-12-34-18)9-16(15)24(17-11-33-26(30)23(17)22)28-14-4-3-5-27-10-14/h3-10,17,22-24,28-29H,11-12H2,1-2H3/t17-,22+,23-,24+/m0/s1. The number of hydrogen-bond acceptors (Lipinski definition) is 9. The number of benzene rings is 2. The van der Waals surface area contributed by atoms with Crippen LogP contribution in [0.25, 0.3) is 0 Å². The predicted molar refractivity (Wildman–Crippen MR) is 124 cm³/mol. The molecule has 2 aliphatic heterocycles. The molecular formula is C26H24N2O7. The number of methoxy groups -OCH3 is 2. The van der Waals surface area contributed by atoms with Crippen LogP contribution in [0.1, 0.15) is 28.7 Å². The second kappa shape index (κ2) is 8.26. The first-order chi connectivity index (χ1) is 17.1. The van der Waals surface area contributed by atoms with Crippen LogP contribution in [0.3, 0.4) is 0 Å². The number of aromatic hydroxyl groups is 1. The largest absolute Gasteiger partial charge is 0.502 e. The second-order valence-electron chi connectivity index (χ2n) is 8.77. The molecular weight excluding hydrogens is 452 g/mol. The first kappa shape index (κ1) is 21.4. The molecule has 1 aromatic heterocycles. The minimum atomic E-state index is -0.476. The number of phenols is 1. The van der Waals surface area contributed by atoms with Crippen molar-refractivity contribution in [2.24, 2.45) is 11.8 Å². The van der Waals surface area contributed by atoms with Gasteiger partial charge in [-0.05, 0) is 53.1 Å². The number of phenolic OH excluding ortho intramolecular Hbond substituents is 1. The first-order valence-corrected chi connectivity index (χ1v) is 11.3. The average Bonchev–Trinajstić information content (AvgIpc) is 3.50. The van der Waals surface area contributed by atoms with Gasteiger partial charge in [-0.15, -0.1) is 0 Å². The van der Waals surface area contributed by atoms with Crippen molar-refractivity contribution in [1.29, 1.82) is 0 Å². The number of anilines is 1. The van der Waals surface area contributed by atoms with Crippen LogP contribution >= 0.6 is 0 Å². The van der Waals surface area contributed by atoms with E-state index >= 15 is 0 Å². The fourth-order valence-corrected chi connectivity index (χ4v) is 5.47. The molecule has 0 spiro atoms. The molecule has 0 amide bonds.